The van der Waals surface area contributed by atoms with Gasteiger partial charge in [-0.3, -0.25) is 19.1 Å². The van der Waals surface area contributed by atoms with Crippen molar-refractivity contribution in [2.24, 2.45) is 5.41 Å². The molecule has 1 aliphatic rings. The molecule has 0 atom stereocenters. The molecule has 18 heteroatoms. The van der Waals surface area contributed by atoms with E-state index in [4.69, 9.17) is 28.1 Å². The number of benzene rings is 3. The zero-order valence-corrected chi connectivity index (χ0v) is 31.8. The number of pyridine rings is 1. The second kappa shape index (κ2) is 17.9. The first-order valence-corrected chi connectivity index (χ1v) is 19.0. The van der Waals surface area contributed by atoms with Crippen molar-refractivity contribution in [3.63, 3.8) is 0 Å². The molecule has 1 heterocycles. The lowest BCUT2D eigenvalue weighted by atomic mass is 10.0. The molecule has 0 aliphatic heterocycles. The zero-order chi connectivity index (χ0) is 39.8. The van der Waals surface area contributed by atoms with Gasteiger partial charge in [-0.25, -0.2) is 13.6 Å². The van der Waals surface area contributed by atoms with E-state index in [1.807, 2.05) is 0 Å². The van der Waals surface area contributed by atoms with Gasteiger partial charge in [0.25, 0.3) is 0 Å². The lowest BCUT2D eigenvalue weighted by molar-refractivity contribution is -0.131. The van der Waals surface area contributed by atoms with E-state index in [0.29, 0.717) is 35.2 Å². The molecule has 4 aromatic rings. The molecule has 2 N–H and O–H groups in total. The van der Waals surface area contributed by atoms with E-state index in [-0.39, 0.29) is 55.6 Å². The Bertz CT molecular complexity index is 2060. The van der Waals surface area contributed by atoms with Gasteiger partial charge in [-0.1, -0.05) is 0 Å². The number of carbonyl (C=O) groups excluding carboxylic acids is 3. The number of hydroxylamine groups is 2. The van der Waals surface area contributed by atoms with Crippen molar-refractivity contribution in [3.8, 4) is 23.0 Å². The van der Waals surface area contributed by atoms with Crippen molar-refractivity contribution >= 4 is 47.8 Å². The number of nitrogens with one attached hydrogen (secondary N) is 2. The van der Waals surface area contributed by atoms with Crippen molar-refractivity contribution in [1.29, 1.82) is 0 Å². The lowest BCUT2D eigenvalue weighted by Gasteiger charge is -2.26. The highest BCUT2D eigenvalue weighted by molar-refractivity contribution is 7.53. The van der Waals surface area contributed by atoms with Gasteiger partial charge < -0.3 is 43.6 Å². The SMILES string of the molecule is CCOP(=O)(CN(CCOc1cc2c(Oc3ccc(NC(=O)C4(C(=O)Nc5ccc(F)cc5)CC4)cc3F)ccnc2cc1OC)OC(=O)N(C)C)OCC. The Labute approximate surface area is 316 Å². The highest BCUT2D eigenvalue weighted by Gasteiger charge is 2.56. The highest BCUT2D eigenvalue weighted by atomic mass is 31.2. The van der Waals surface area contributed by atoms with E-state index < -0.39 is 42.6 Å². The average molecular weight is 786 g/mol. The molecule has 1 saturated carbocycles. The molecule has 55 heavy (non-hydrogen) atoms. The fourth-order valence-corrected chi connectivity index (χ4v) is 6.90. The number of hydrogen-bond donors (Lipinski definition) is 2. The molecular weight excluding hydrogens is 743 g/mol. The summed E-state index contributed by atoms with van der Waals surface area (Å²) in [5.74, 6) is -1.77. The molecule has 0 saturated heterocycles. The number of anilines is 2. The number of carbonyl (C=O) groups is 3. The fraction of sp³-hybridized carbons (Fsp3) is 0.351. The Balaban J connectivity index is 1.28. The van der Waals surface area contributed by atoms with Crippen molar-refractivity contribution in [3.05, 3.63) is 78.5 Å². The molecule has 15 nitrogen and oxygen atoms in total. The summed E-state index contributed by atoms with van der Waals surface area (Å²) >= 11 is 0. The Morgan fingerprint density at radius 2 is 1.51 bits per heavy atom. The van der Waals surface area contributed by atoms with Crippen molar-refractivity contribution in [1.82, 2.24) is 14.9 Å². The van der Waals surface area contributed by atoms with E-state index >= 15 is 4.39 Å². The van der Waals surface area contributed by atoms with E-state index in [1.54, 1.807) is 26.0 Å². The van der Waals surface area contributed by atoms with Crippen molar-refractivity contribution in [2.75, 3.05) is 64.5 Å². The van der Waals surface area contributed by atoms with Gasteiger partial charge in [0.15, 0.2) is 23.1 Å². The van der Waals surface area contributed by atoms with Gasteiger partial charge in [0, 0.05) is 49.2 Å². The van der Waals surface area contributed by atoms with Gasteiger partial charge in [0.05, 0.1) is 32.4 Å². The number of rotatable bonds is 18. The summed E-state index contributed by atoms with van der Waals surface area (Å²) < 4.78 is 70.2. The summed E-state index contributed by atoms with van der Waals surface area (Å²) in [5, 5.41) is 6.82. The predicted molar refractivity (Wildman–Crippen MR) is 198 cm³/mol. The van der Waals surface area contributed by atoms with Crippen LogP contribution in [-0.2, 0) is 28.0 Å². The number of aromatic nitrogens is 1. The number of ether oxygens (including phenoxy) is 3. The summed E-state index contributed by atoms with van der Waals surface area (Å²) in [6.07, 6.45) is 1.01. The molecular formula is C37H42F2N5O10P. The summed E-state index contributed by atoms with van der Waals surface area (Å²) in [6, 6.07) is 13.8. The van der Waals surface area contributed by atoms with E-state index in [9.17, 15) is 23.3 Å². The first kappa shape index (κ1) is 40.8. The quantitative estimate of drug-likeness (QED) is 0.0593. The maximum Gasteiger partial charge on any atom is 0.428 e. The van der Waals surface area contributed by atoms with E-state index in [0.717, 1.165) is 11.1 Å². The minimum atomic E-state index is -3.65. The van der Waals surface area contributed by atoms with Crippen LogP contribution in [-0.4, -0.2) is 86.7 Å². The zero-order valence-electron chi connectivity index (χ0n) is 30.9. The van der Waals surface area contributed by atoms with Crippen LogP contribution in [0.25, 0.3) is 10.9 Å². The summed E-state index contributed by atoms with van der Waals surface area (Å²) in [5.41, 5.74) is -0.437. The third-order valence-electron chi connectivity index (χ3n) is 8.27. The van der Waals surface area contributed by atoms with E-state index in [2.05, 4.69) is 15.6 Å². The summed E-state index contributed by atoms with van der Waals surface area (Å²) in [7, 11) is 0.790. The van der Waals surface area contributed by atoms with Crippen LogP contribution in [0.3, 0.4) is 0 Å². The van der Waals surface area contributed by atoms with Gasteiger partial charge >= 0.3 is 13.7 Å². The van der Waals surface area contributed by atoms with Gasteiger partial charge in [-0.15, -0.1) is 5.06 Å². The van der Waals surface area contributed by atoms with Crippen molar-refractivity contribution in [2.45, 2.75) is 26.7 Å². The molecule has 294 valence electrons. The molecule has 0 unspecified atom stereocenters. The normalized spacial score (nSPS) is 13.2. The predicted octanol–water partition coefficient (Wildman–Crippen LogP) is 7.19. The highest BCUT2D eigenvalue weighted by Crippen LogP contribution is 2.49. The van der Waals surface area contributed by atoms with Crippen molar-refractivity contribution < 1.29 is 55.8 Å². The van der Waals surface area contributed by atoms with Gasteiger partial charge in [0.2, 0.25) is 11.8 Å². The van der Waals surface area contributed by atoms with Crippen LogP contribution in [0.2, 0.25) is 0 Å². The molecule has 3 aromatic carbocycles. The molecule has 1 aliphatic carbocycles. The maximum atomic E-state index is 15.4. The van der Waals surface area contributed by atoms with E-state index in [1.165, 1.54) is 74.8 Å². The van der Waals surface area contributed by atoms with Gasteiger partial charge in [-0.2, -0.15) is 0 Å². The van der Waals surface area contributed by atoms with Crippen LogP contribution < -0.4 is 24.8 Å². The number of methoxy groups -OCH3 is 1. The van der Waals surface area contributed by atoms with Crippen LogP contribution in [0.4, 0.5) is 25.0 Å². The maximum absolute atomic E-state index is 15.4. The Morgan fingerprint density at radius 1 is 0.855 bits per heavy atom. The Morgan fingerprint density at radius 3 is 2.11 bits per heavy atom. The number of hydrogen-bond acceptors (Lipinski definition) is 12. The van der Waals surface area contributed by atoms with Gasteiger partial charge in [0.1, 0.15) is 29.9 Å². The Hall–Kier alpha value is -5.35. The van der Waals surface area contributed by atoms with Crippen LogP contribution >= 0.6 is 7.60 Å². The average Bonchev–Trinajstić information content (AvgIpc) is 3.96. The number of nitrogens with zero attached hydrogens (tertiary/aromatic N) is 3. The van der Waals surface area contributed by atoms with Crippen LogP contribution in [0.5, 0.6) is 23.0 Å². The number of halogens is 2. The van der Waals surface area contributed by atoms with Crippen LogP contribution in [0.1, 0.15) is 26.7 Å². The number of amides is 3. The van der Waals surface area contributed by atoms with Crippen LogP contribution in [0, 0.1) is 17.0 Å². The smallest absolute Gasteiger partial charge is 0.428 e. The van der Waals surface area contributed by atoms with Gasteiger partial charge in [-0.05, 0) is 75.2 Å². The third kappa shape index (κ3) is 10.2. The molecule has 3 amide bonds. The molecule has 5 rings (SSSR count). The minimum absolute atomic E-state index is 0.0462. The molecule has 1 fully saturated rings. The minimum Gasteiger partial charge on any atom is -0.493 e. The molecule has 0 radical (unpaired) electrons. The fourth-order valence-electron chi connectivity index (χ4n) is 5.29. The second-order valence-electron chi connectivity index (χ2n) is 12.5. The van der Waals surface area contributed by atoms with Crippen LogP contribution in [0.15, 0.2) is 66.9 Å². The monoisotopic (exact) mass is 785 g/mol. The Kier molecular flexibility index (Phi) is 13.3. The summed E-state index contributed by atoms with van der Waals surface area (Å²) in [4.78, 5) is 49.4. The summed E-state index contributed by atoms with van der Waals surface area (Å²) in [6.45, 7) is 3.44. The molecule has 1 aromatic heterocycles. The number of fused-ring (bicyclic) bond motifs is 1. The first-order chi connectivity index (χ1) is 26.3. The second-order valence-corrected chi connectivity index (χ2v) is 14.5. The molecule has 0 spiro atoms. The largest absolute Gasteiger partial charge is 0.493 e. The lowest BCUT2D eigenvalue weighted by Crippen LogP contribution is -2.36. The first-order valence-electron chi connectivity index (χ1n) is 17.3. The standard InChI is InChI=1S/C37H42F2N5O10P/c1-6-51-55(48,52-7-2)23-44(54-36(47)43(3)4)18-19-50-33-21-27-29(22-32(33)49-5)40-17-14-30(27)53-31-13-12-26(20-28(31)39)42-35(46)37(15-16-37)34(45)41-25-10-8-24(38)9-11-25/h8-14,17,20-22H,6-7,15-16,18-19,23H2,1-5H3,(H,41,45)(H,42,46). The third-order valence-corrected chi connectivity index (χ3v) is 10.2. The topological polar surface area (TPSA) is 167 Å². The molecule has 0 bridgehead atoms.